The van der Waals surface area contributed by atoms with Gasteiger partial charge in [0.1, 0.15) is 0 Å². The van der Waals surface area contributed by atoms with Gasteiger partial charge in [0.05, 0.1) is 0 Å². The molecule has 1 fully saturated rings. The Balaban J connectivity index is 2.39. The Morgan fingerprint density at radius 2 is 1.85 bits per heavy atom. The molecule has 0 heterocycles. The first-order valence-electron chi connectivity index (χ1n) is 5.01. The molecule has 74 valence electrons. The summed E-state index contributed by atoms with van der Waals surface area (Å²) < 4.78 is 0. The van der Waals surface area contributed by atoms with Crippen LogP contribution in [0.3, 0.4) is 0 Å². The number of nitrogens with zero attached hydrogens (tertiary/aromatic N) is 1. The average Bonchev–Trinajstić information content (AvgIpc) is 2.15. The molecule has 0 aromatic heterocycles. The molecule has 0 aliphatic heterocycles. The second-order valence-corrected chi connectivity index (χ2v) is 3.76. The zero-order valence-electron chi connectivity index (χ0n) is 8.47. The van der Waals surface area contributed by atoms with Gasteiger partial charge in [0, 0.05) is 12.6 Å². The highest BCUT2D eigenvalue weighted by Crippen LogP contribution is 2.24. The number of hydrogen-bond acceptors (Lipinski definition) is 2. The van der Waals surface area contributed by atoms with Crippen LogP contribution < -0.4 is 5.43 Å². The maximum absolute atomic E-state index is 10.6. The molecule has 0 unspecified atom stereocenters. The fourth-order valence-corrected chi connectivity index (χ4v) is 1.78. The molecule has 3 heteroatoms. The molecule has 0 aromatic carbocycles. The van der Waals surface area contributed by atoms with Crippen molar-refractivity contribution in [2.45, 2.75) is 46.0 Å². The maximum atomic E-state index is 10.6. The number of hydrazone groups is 1. The van der Waals surface area contributed by atoms with Gasteiger partial charge in [0.25, 0.3) is 0 Å². The highest BCUT2D eigenvalue weighted by Gasteiger charge is 2.15. The molecule has 1 rings (SSSR count). The second kappa shape index (κ2) is 5.00. The number of carbonyl (C=O) groups excluding carboxylic acids is 1. The predicted molar refractivity (Wildman–Crippen MR) is 53.5 cm³/mol. The third-order valence-corrected chi connectivity index (χ3v) is 2.59. The Bertz CT molecular complexity index is 205. The lowest BCUT2D eigenvalue weighted by Gasteiger charge is -2.20. The minimum absolute atomic E-state index is 0.0878. The lowest BCUT2D eigenvalue weighted by molar-refractivity contribution is -0.118. The van der Waals surface area contributed by atoms with Crippen LogP contribution in [0.2, 0.25) is 0 Å². The van der Waals surface area contributed by atoms with Crippen molar-refractivity contribution in [1.82, 2.24) is 5.43 Å². The van der Waals surface area contributed by atoms with Crippen LogP contribution in [0.15, 0.2) is 5.10 Å². The topological polar surface area (TPSA) is 41.5 Å². The van der Waals surface area contributed by atoms with Crippen molar-refractivity contribution in [3.8, 4) is 0 Å². The highest BCUT2D eigenvalue weighted by atomic mass is 16.2. The fourth-order valence-electron chi connectivity index (χ4n) is 1.78. The lowest BCUT2D eigenvalue weighted by Crippen LogP contribution is -2.20. The minimum atomic E-state index is -0.0878. The van der Waals surface area contributed by atoms with Crippen LogP contribution in [-0.2, 0) is 4.79 Å². The third kappa shape index (κ3) is 3.57. The Morgan fingerprint density at radius 1 is 1.23 bits per heavy atom. The van der Waals surface area contributed by atoms with Crippen molar-refractivity contribution >= 4 is 11.6 Å². The molecule has 0 spiro atoms. The SMILES string of the molecule is CC(=O)N/N=C(\C)C1CCCCC1. The van der Waals surface area contributed by atoms with Gasteiger partial charge in [-0.25, -0.2) is 5.43 Å². The van der Waals surface area contributed by atoms with E-state index in [4.69, 9.17) is 0 Å². The Labute approximate surface area is 79.6 Å². The van der Waals surface area contributed by atoms with E-state index in [1.54, 1.807) is 0 Å². The van der Waals surface area contributed by atoms with Crippen molar-refractivity contribution in [2.24, 2.45) is 11.0 Å². The van der Waals surface area contributed by atoms with E-state index < -0.39 is 0 Å². The van der Waals surface area contributed by atoms with Gasteiger partial charge in [-0.2, -0.15) is 5.10 Å². The zero-order chi connectivity index (χ0) is 9.68. The van der Waals surface area contributed by atoms with E-state index in [0.717, 1.165) is 5.71 Å². The van der Waals surface area contributed by atoms with Crippen LogP contribution in [0.25, 0.3) is 0 Å². The predicted octanol–water partition coefficient (Wildman–Crippen LogP) is 2.08. The second-order valence-electron chi connectivity index (χ2n) is 3.76. The van der Waals surface area contributed by atoms with Gasteiger partial charge in [-0.1, -0.05) is 19.3 Å². The molecule has 1 amide bonds. The van der Waals surface area contributed by atoms with Crippen LogP contribution in [0.1, 0.15) is 46.0 Å². The van der Waals surface area contributed by atoms with Crippen molar-refractivity contribution in [3.63, 3.8) is 0 Å². The van der Waals surface area contributed by atoms with Gasteiger partial charge >= 0.3 is 0 Å². The molecule has 0 radical (unpaired) electrons. The fraction of sp³-hybridized carbons (Fsp3) is 0.800. The van der Waals surface area contributed by atoms with E-state index in [2.05, 4.69) is 10.5 Å². The van der Waals surface area contributed by atoms with E-state index in [1.165, 1.54) is 39.0 Å². The van der Waals surface area contributed by atoms with Crippen molar-refractivity contribution < 1.29 is 4.79 Å². The van der Waals surface area contributed by atoms with Crippen molar-refractivity contribution in [1.29, 1.82) is 0 Å². The summed E-state index contributed by atoms with van der Waals surface area (Å²) in [5, 5.41) is 4.06. The highest BCUT2D eigenvalue weighted by molar-refractivity contribution is 5.85. The van der Waals surface area contributed by atoms with Crippen molar-refractivity contribution in [3.05, 3.63) is 0 Å². The molecule has 1 N–H and O–H groups in total. The molecular formula is C10H18N2O. The molecule has 1 aliphatic carbocycles. The van der Waals surface area contributed by atoms with Gasteiger partial charge in [-0.3, -0.25) is 4.79 Å². The summed E-state index contributed by atoms with van der Waals surface area (Å²) in [4.78, 5) is 10.6. The van der Waals surface area contributed by atoms with E-state index in [9.17, 15) is 4.79 Å². The number of carbonyl (C=O) groups is 1. The van der Waals surface area contributed by atoms with E-state index in [1.807, 2.05) is 6.92 Å². The molecule has 1 aliphatic rings. The van der Waals surface area contributed by atoms with Gasteiger partial charge in [-0.05, 0) is 25.7 Å². The number of hydrogen-bond donors (Lipinski definition) is 1. The smallest absolute Gasteiger partial charge is 0.236 e. The zero-order valence-corrected chi connectivity index (χ0v) is 8.47. The quantitative estimate of drug-likeness (QED) is 0.515. The van der Waals surface area contributed by atoms with Crippen LogP contribution in [0.5, 0.6) is 0 Å². The minimum Gasteiger partial charge on any atom is -0.274 e. The summed E-state index contributed by atoms with van der Waals surface area (Å²) in [6.45, 7) is 3.49. The maximum Gasteiger partial charge on any atom is 0.236 e. The van der Waals surface area contributed by atoms with Gasteiger partial charge in [0.15, 0.2) is 0 Å². The lowest BCUT2D eigenvalue weighted by atomic mass is 9.86. The van der Waals surface area contributed by atoms with Gasteiger partial charge in [-0.15, -0.1) is 0 Å². The Hall–Kier alpha value is -0.860. The van der Waals surface area contributed by atoms with Crippen LogP contribution >= 0.6 is 0 Å². The van der Waals surface area contributed by atoms with Gasteiger partial charge < -0.3 is 0 Å². The molecule has 0 bridgehead atoms. The van der Waals surface area contributed by atoms with Gasteiger partial charge in [0.2, 0.25) is 5.91 Å². The summed E-state index contributed by atoms with van der Waals surface area (Å²) in [5.41, 5.74) is 3.57. The molecule has 1 saturated carbocycles. The standard InChI is InChI=1S/C10H18N2O/c1-8(11-12-9(2)13)10-6-4-3-5-7-10/h10H,3-7H2,1-2H3,(H,12,13)/b11-8+. The Morgan fingerprint density at radius 3 is 2.38 bits per heavy atom. The molecule has 0 atom stereocenters. The number of amides is 1. The first-order valence-corrected chi connectivity index (χ1v) is 5.01. The largest absolute Gasteiger partial charge is 0.274 e. The molecule has 0 saturated heterocycles. The third-order valence-electron chi connectivity index (χ3n) is 2.59. The molecular weight excluding hydrogens is 164 g/mol. The number of rotatable bonds is 2. The van der Waals surface area contributed by atoms with E-state index >= 15 is 0 Å². The Kier molecular flexibility index (Phi) is 3.93. The normalized spacial score (nSPS) is 20.0. The molecule has 3 nitrogen and oxygen atoms in total. The number of nitrogens with one attached hydrogen (secondary N) is 1. The van der Waals surface area contributed by atoms with Crippen LogP contribution in [0.4, 0.5) is 0 Å². The summed E-state index contributed by atoms with van der Waals surface area (Å²) in [7, 11) is 0. The summed E-state index contributed by atoms with van der Waals surface area (Å²) >= 11 is 0. The van der Waals surface area contributed by atoms with E-state index in [-0.39, 0.29) is 5.91 Å². The van der Waals surface area contributed by atoms with Crippen LogP contribution in [0, 0.1) is 5.92 Å². The summed E-state index contributed by atoms with van der Waals surface area (Å²) in [6, 6.07) is 0. The molecule has 0 aromatic rings. The van der Waals surface area contributed by atoms with Crippen molar-refractivity contribution in [2.75, 3.05) is 0 Å². The first kappa shape index (κ1) is 10.2. The summed E-state index contributed by atoms with van der Waals surface area (Å²) in [6.07, 6.45) is 6.42. The monoisotopic (exact) mass is 182 g/mol. The summed E-state index contributed by atoms with van der Waals surface area (Å²) in [5.74, 6) is 0.510. The van der Waals surface area contributed by atoms with E-state index in [0.29, 0.717) is 5.92 Å². The first-order chi connectivity index (χ1) is 6.20. The van der Waals surface area contributed by atoms with Crippen LogP contribution in [-0.4, -0.2) is 11.6 Å². The molecule has 13 heavy (non-hydrogen) atoms. The average molecular weight is 182 g/mol.